The van der Waals surface area contributed by atoms with Crippen LogP contribution in [0.3, 0.4) is 0 Å². The van der Waals surface area contributed by atoms with Crippen LogP contribution in [0.1, 0.15) is 74.3 Å². The van der Waals surface area contributed by atoms with Gasteiger partial charge in [-0.3, -0.25) is 0 Å². The topological polar surface area (TPSA) is 66.4 Å². The molecule has 0 amide bonds. The van der Waals surface area contributed by atoms with Gasteiger partial charge in [-0.15, -0.1) is 0 Å². The number of aliphatic hydroxyl groups is 1. The normalized spacial score (nSPS) is 17.1. The maximum atomic E-state index is 8.93. The Balaban J connectivity index is 1.68. The minimum absolute atomic E-state index is 0.223. The van der Waals surface area contributed by atoms with E-state index in [1.54, 1.807) is 14.2 Å². The molecule has 6 nitrogen and oxygen atoms in total. The van der Waals surface area contributed by atoms with Gasteiger partial charge in [-0.25, -0.2) is 0 Å². The largest absolute Gasteiger partial charge is 0.492 e. The molecule has 0 unspecified atom stereocenters. The number of rotatable bonds is 16. The van der Waals surface area contributed by atoms with Crippen molar-refractivity contribution in [3.05, 3.63) is 53.6 Å². The Kier molecular flexibility index (Phi) is 11.5. The average Bonchev–Trinajstić information content (AvgIpc) is 2.88. The fourth-order valence-electron chi connectivity index (χ4n) is 4.66. The Morgan fingerprint density at radius 3 is 2.09 bits per heavy atom. The first kappa shape index (κ1) is 26.3. The van der Waals surface area contributed by atoms with Gasteiger partial charge in [0.05, 0.1) is 6.61 Å². The predicted molar refractivity (Wildman–Crippen MR) is 133 cm³/mol. The summed E-state index contributed by atoms with van der Waals surface area (Å²) in [6, 6.07) is 14.5. The van der Waals surface area contributed by atoms with Crippen LogP contribution in [0.25, 0.3) is 0 Å². The number of unbranched alkanes of at least 4 members (excludes halogenated alkanes) is 6. The second kappa shape index (κ2) is 14.9. The molecule has 3 rings (SSSR count). The van der Waals surface area contributed by atoms with E-state index < -0.39 is 0 Å². The molecule has 0 saturated heterocycles. The average molecular weight is 473 g/mol. The predicted octanol–water partition coefficient (Wildman–Crippen LogP) is 6.02. The van der Waals surface area contributed by atoms with E-state index in [2.05, 4.69) is 18.2 Å². The van der Waals surface area contributed by atoms with Crippen molar-refractivity contribution in [2.24, 2.45) is 0 Å². The van der Waals surface area contributed by atoms with Crippen molar-refractivity contribution in [2.75, 3.05) is 41.0 Å². The molecule has 2 aromatic carbocycles. The molecule has 6 heteroatoms. The molecule has 0 bridgehead atoms. The number of hydrogen-bond acceptors (Lipinski definition) is 6. The second-order valence-electron chi connectivity index (χ2n) is 8.88. The van der Waals surface area contributed by atoms with Crippen molar-refractivity contribution >= 4 is 0 Å². The molecule has 0 radical (unpaired) electrons. The monoisotopic (exact) mass is 472 g/mol. The molecule has 1 aliphatic heterocycles. The van der Waals surface area contributed by atoms with Crippen molar-refractivity contribution in [1.29, 1.82) is 0 Å². The highest BCUT2D eigenvalue weighted by molar-refractivity contribution is 5.46. The Hall–Kier alpha value is -2.28. The third-order valence-electron chi connectivity index (χ3n) is 6.46. The number of aliphatic hydroxyl groups excluding tert-OH is 1. The smallest absolute Gasteiger partial charge is 0.188 e. The number of benzene rings is 2. The fraction of sp³-hybridized carbons (Fsp3) is 0.571. The summed E-state index contributed by atoms with van der Waals surface area (Å²) in [6.07, 6.45) is 9.31. The van der Waals surface area contributed by atoms with Crippen LogP contribution in [-0.2, 0) is 9.47 Å². The SMILES string of the molecule is COCOc1ccc([C@H]2COc3cc(OCOC)ccc3[C@H]2CCCCCCCCCO)cc1. The van der Waals surface area contributed by atoms with E-state index in [1.165, 1.54) is 43.2 Å². The number of hydrogen-bond donors (Lipinski definition) is 1. The molecule has 1 aliphatic rings. The van der Waals surface area contributed by atoms with Gasteiger partial charge in [-0.1, -0.05) is 56.7 Å². The Morgan fingerprint density at radius 2 is 1.41 bits per heavy atom. The highest BCUT2D eigenvalue weighted by Gasteiger charge is 2.32. The first-order valence-corrected chi connectivity index (χ1v) is 12.5. The molecule has 0 aliphatic carbocycles. The van der Waals surface area contributed by atoms with E-state index in [1.807, 2.05) is 24.3 Å². The number of ether oxygens (including phenoxy) is 5. The van der Waals surface area contributed by atoms with Crippen LogP contribution in [0.5, 0.6) is 17.2 Å². The minimum Gasteiger partial charge on any atom is -0.492 e. The molecule has 0 aromatic heterocycles. The van der Waals surface area contributed by atoms with Crippen LogP contribution >= 0.6 is 0 Å². The maximum absolute atomic E-state index is 8.93. The first-order valence-electron chi connectivity index (χ1n) is 12.5. The van der Waals surface area contributed by atoms with Crippen LogP contribution in [0.15, 0.2) is 42.5 Å². The van der Waals surface area contributed by atoms with Gasteiger partial charge in [0.1, 0.15) is 17.2 Å². The Morgan fingerprint density at radius 1 is 0.794 bits per heavy atom. The Bertz CT molecular complexity index is 822. The highest BCUT2D eigenvalue weighted by atomic mass is 16.7. The van der Waals surface area contributed by atoms with Crippen molar-refractivity contribution in [1.82, 2.24) is 0 Å². The Labute approximate surface area is 204 Å². The van der Waals surface area contributed by atoms with Crippen LogP contribution in [0.4, 0.5) is 0 Å². The molecule has 1 heterocycles. The summed E-state index contributed by atoms with van der Waals surface area (Å²) in [6.45, 7) is 1.42. The van der Waals surface area contributed by atoms with Gasteiger partial charge in [0.25, 0.3) is 0 Å². The van der Waals surface area contributed by atoms with E-state index in [0.717, 1.165) is 36.5 Å². The summed E-state index contributed by atoms with van der Waals surface area (Å²) in [5, 5.41) is 8.93. The summed E-state index contributed by atoms with van der Waals surface area (Å²) in [5.74, 6) is 3.17. The van der Waals surface area contributed by atoms with Crippen LogP contribution in [0.2, 0.25) is 0 Å². The number of fused-ring (bicyclic) bond motifs is 1. The minimum atomic E-state index is 0.223. The van der Waals surface area contributed by atoms with Crippen molar-refractivity contribution in [3.8, 4) is 17.2 Å². The second-order valence-corrected chi connectivity index (χ2v) is 8.88. The third-order valence-corrected chi connectivity index (χ3v) is 6.46. The molecule has 2 atom stereocenters. The summed E-state index contributed by atoms with van der Waals surface area (Å²) in [5.41, 5.74) is 2.52. The summed E-state index contributed by atoms with van der Waals surface area (Å²) in [4.78, 5) is 0. The van der Waals surface area contributed by atoms with E-state index in [0.29, 0.717) is 25.0 Å². The molecule has 2 aromatic rings. The van der Waals surface area contributed by atoms with E-state index in [4.69, 9.17) is 28.8 Å². The molecular formula is C28H40O6. The van der Waals surface area contributed by atoms with Crippen molar-refractivity contribution in [2.45, 2.75) is 63.2 Å². The van der Waals surface area contributed by atoms with Gasteiger partial charge in [0.2, 0.25) is 0 Å². The van der Waals surface area contributed by atoms with Crippen molar-refractivity contribution in [3.63, 3.8) is 0 Å². The lowest BCUT2D eigenvalue weighted by molar-refractivity contribution is 0.0506. The lowest BCUT2D eigenvalue weighted by Crippen LogP contribution is -2.24. The van der Waals surface area contributed by atoms with Crippen LogP contribution < -0.4 is 14.2 Å². The zero-order valence-corrected chi connectivity index (χ0v) is 20.7. The third kappa shape index (κ3) is 7.90. The highest BCUT2D eigenvalue weighted by Crippen LogP contribution is 2.46. The van der Waals surface area contributed by atoms with Gasteiger partial charge < -0.3 is 28.8 Å². The summed E-state index contributed by atoms with van der Waals surface area (Å²) in [7, 11) is 3.24. The van der Waals surface area contributed by atoms with E-state index >= 15 is 0 Å². The lowest BCUT2D eigenvalue weighted by Gasteiger charge is -2.34. The molecule has 0 fully saturated rings. The molecule has 1 N–H and O–H groups in total. The van der Waals surface area contributed by atoms with E-state index in [9.17, 15) is 0 Å². The first-order chi connectivity index (χ1) is 16.8. The standard InChI is InChI=1S/C28H40O6/c1-30-20-33-23-13-11-22(12-14-23)27-19-32-28-18-24(34-21-31-2)15-16-26(28)25(27)10-8-6-4-3-5-7-9-17-29/h11-16,18,25,27,29H,3-10,17,19-21H2,1-2H3/t25-,27-/m1/s1. The molecule has 0 spiro atoms. The zero-order valence-electron chi connectivity index (χ0n) is 20.7. The summed E-state index contributed by atoms with van der Waals surface area (Å²) >= 11 is 0. The molecular weight excluding hydrogens is 432 g/mol. The van der Waals surface area contributed by atoms with Crippen LogP contribution in [-0.4, -0.2) is 46.1 Å². The van der Waals surface area contributed by atoms with Crippen LogP contribution in [0, 0.1) is 0 Å². The molecule has 34 heavy (non-hydrogen) atoms. The quantitative estimate of drug-likeness (QED) is 0.238. The molecule has 188 valence electrons. The van der Waals surface area contributed by atoms with Gasteiger partial charge in [0, 0.05) is 32.8 Å². The maximum Gasteiger partial charge on any atom is 0.188 e. The fourth-order valence-corrected chi connectivity index (χ4v) is 4.66. The molecule has 0 saturated carbocycles. The van der Waals surface area contributed by atoms with Gasteiger partial charge in [-0.05, 0) is 48.1 Å². The number of methoxy groups -OCH3 is 2. The van der Waals surface area contributed by atoms with Gasteiger partial charge in [-0.2, -0.15) is 0 Å². The van der Waals surface area contributed by atoms with Gasteiger partial charge >= 0.3 is 0 Å². The van der Waals surface area contributed by atoms with Gasteiger partial charge in [0.15, 0.2) is 13.6 Å². The lowest BCUT2D eigenvalue weighted by atomic mass is 9.77. The van der Waals surface area contributed by atoms with E-state index in [-0.39, 0.29) is 13.6 Å². The summed E-state index contributed by atoms with van der Waals surface area (Å²) < 4.78 is 27.4. The zero-order chi connectivity index (χ0) is 24.0. The van der Waals surface area contributed by atoms with Crippen molar-refractivity contribution < 1.29 is 28.8 Å².